The van der Waals surface area contributed by atoms with Crippen LogP contribution >= 0.6 is 0 Å². The normalized spacial score (nSPS) is 32.6. The molecule has 0 aliphatic carbocycles. The molecule has 2 aliphatic heterocycles. The van der Waals surface area contributed by atoms with Crippen LogP contribution in [0.5, 0.6) is 0 Å². The minimum absolute atomic E-state index is 0.140. The molecule has 2 aliphatic rings. The first-order valence-electron chi connectivity index (χ1n) is 5.28. The second-order valence-corrected chi connectivity index (χ2v) is 4.07. The van der Waals surface area contributed by atoms with Crippen molar-refractivity contribution in [2.45, 2.75) is 38.6 Å². The highest BCUT2D eigenvalue weighted by Gasteiger charge is 2.30. The molecular weight excluding hydrogens is 180 g/mol. The van der Waals surface area contributed by atoms with Gasteiger partial charge in [-0.1, -0.05) is 11.6 Å². The van der Waals surface area contributed by atoms with Crippen molar-refractivity contribution in [3.05, 3.63) is 0 Å². The fourth-order valence-corrected chi connectivity index (χ4v) is 1.96. The lowest BCUT2D eigenvalue weighted by Gasteiger charge is -2.23. The molecule has 4 nitrogen and oxygen atoms in total. The molecule has 1 saturated heterocycles. The molecule has 78 valence electrons. The number of rotatable bonds is 2. The van der Waals surface area contributed by atoms with Gasteiger partial charge in [-0.25, -0.2) is 4.79 Å². The fraction of sp³-hybridized carbons (Fsp3) is 0.800. The Morgan fingerprint density at radius 3 is 3.00 bits per heavy atom. The summed E-state index contributed by atoms with van der Waals surface area (Å²) in [5.74, 6) is -0.352. The number of hydrogen-bond donors (Lipinski definition) is 1. The van der Waals surface area contributed by atoms with Crippen molar-refractivity contribution in [2.24, 2.45) is 11.1 Å². The van der Waals surface area contributed by atoms with Gasteiger partial charge >= 0.3 is 5.97 Å². The lowest BCUT2D eigenvalue weighted by atomic mass is 9.95. The Hall–Kier alpha value is -0.900. The second-order valence-electron chi connectivity index (χ2n) is 4.07. The third-order valence-corrected chi connectivity index (χ3v) is 2.97. The summed E-state index contributed by atoms with van der Waals surface area (Å²) in [6.45, 7) is 2.94. The molecule has 14 heavy (non-hydrogen) atoms. The molecule has 0 radical (unpaired) electrons. The van der Waals surface area contributed by atoms with Gasteiger partial charge in [0.05, 0.1) is 11.6 Å². The highest BCUT2D eigenvalue weighted by atomic mass is 16.7. The topological polar surface area (TPSA) is 50.7 Å². The van der Waals surface area contributed by atoms with Crippen LogP contribution < -0.4 is 5.32 Å². The van der Waals surface area contributed by atoms with E-state index in [1.165, 1.54) is 19.3 Å². The van der Waals surface area contributed by atoms with Crippen LogP contribution in [0.15, 0.2) is 5.16 Å². The third-order valence-electron chi connectivity index (χ3n) is 2.97. The Morgan fingerprint density at radius 1 is 1.57 bits per heavy atom. The first kappa shape index (κ1) is 9.65. The molecule has 0 aromatic rings. The fourth-order valence-electron chi connectivity index (χ4n) is 1.96. The van der Waals surface area contributed by atoms with Crippen molar-refractivity contribution in [1.29, 1.82) is 0 Å². The van der Waals surface area contributed by atoms with E-state index in [0.29, 0.717) is 6.04 Å². The summed E-state index contributed by atoms with van der Waals surface area (Å²) in [6, 6.07) is 0.486. The maximum absolute atomic E-state index is 11.1. The van der Waals surface area contributed by atoms with Gasteiger partial charge in [-0.15, -0.1) is 0 Å². The van der Waals surface area contributed by atoms with Crippen molar-refractivity contribution >= 4 is 11.7 Å². The number of piperidine rings is 1. The van der Waals surface area contributed by atoms with E-state index in [1.54, 1.807) is 0 Å². The standard InChI is InChI=1S/C10H16N2O2/c1-7-9(12-14-10(7)13)6-8-4-2-3-5-11-8/h7-8,11H,2-6H2,1H3. The molecule has 2 unspecified atom stereocenters. The van der Waals surface area contributed by atoms with E-state index in [4.69, 9.17) is 0 Å². The monoisotopic (exact) mass is 196 g/mol. The summed E-state index contributed by atoms with van der Waals surface area (Å²) in [7, 11) is 0. The Balaban J connectivity index is 1.87. The molecule has 1 N–H and O–H groups in total. The number of carbonyl (C=O) groups excluding carboxylic acids is 1. The minimum Gasteiger partial charge on any atom is -0.318 e. The zero-order valence-electron chi connectivity index (χ0n) is 8.45. The van der Waals surface area contributed by atoms with Crippen molar-refractivity contribution < 1.29 is 9.63 Å². The van der Waals surface area contributed by atoms with Gasteiger partial charge < -0.3 is 10.2 Å². The van der Waals surface area contributed by atoms with Crippen molar-refractivity contribution in [1.82, 2.24) is 5.32 Å². The largest absolute Gasteiger partial charge is 0.343 e. The third kappa shape index (κ3) is 1.95. The van der Waals surface area contributed by atoms with Crippen LogP contribution in [0.3, 0.4) is 0 Å². The predicted molar refractivity (Wildman–Crippen MR) is 52.9 cm³/mol. The average Bonchev–Trinajstić information content (AvgIpc) is 2.52. The Labute approximate surface area is 83.7 Å². The van der Waals surface area contributed by atoms with E-state index in [9.17, 15) is 4.79 Å². The van der Waals surface area contributed by atoms with Crippen molar-refractivity contribution in [2.75, 3.05) is 6.54 Å². The molecule has 0 aromatic carbocycles. The second kappa shape index (κ2) is 4.09. The van der Waals surface area contributed by atoms with Gasteiger partial charge in [0, 0.05) is 12.5 Å². The SMILES string of the molecule is CC1C(=O)ON=C1CC1CCCCN1. The van der Waals surface area contributed by atoms with Gasteiger partial charge in [-0.3, -0.25) is 0 Å². The minimum atomic E-state index is -0.212. The molecule has 0 amide bonds. The molecule has 2 rings (SSSR count). The first-order chi connectivity index (χ1) is 6.77. The molecule has 0 bridgehead atoms. The van der Waals surface area contributed by atoms with Gasteiger partial charge in [-0.05, 0) is 26.3 Å². The predicted octanol–water partition coefficient (Wildman–Crippen LogP) is 1.07. The van der Waals surface area contributed by atoms with Gasteiger partial charge in [0.25, 0.3) is 0 Å². The number of nitrogens with zero attached hydrogens (tertiary/aromatic N) is 1. The number of nitrogens with one attached hydrogen (secondary N) is 1. The van der Waals surface area contributed by atoms with Crippen LogP contribution in [0.4, 0.5) is 0 Å². The lowest BCUT2D eigenvalue weighted by Crippen LogP contribution is -2.36. The number of carbonyl (C=O) groups is 1. The van der Waals surface area contributed by atoms with Crippen LogP contribution in [0.25, 0.3) is 0 Å². The number of oxime groups is 1. The molecule has 2 heterocycles. The summed E-state index contributed by atoms with van der Waals surface area (Å²) in [5, 5.41) is 7.25. The molecule has 0 aromatic heterocycles. The Kier molecular flexibility index (Phi) is 2.82. The maximum atomic E-state index is 11.1. The van der Waals surface area contributed by atoms with Gasteiger partial charge in [0.1, 0.15) is 0 Å². The zero-order valence-corrected chi connectivity index (χ0v) is 8.45. The highest BCUT2D eigenvalue weighted by Crippen LogP contribution is 2.18. The van der Waals surface area contributed by atoms with E-state index in [-0.39, 0.29) is 11.9 Å². The summed E-state index contributed by atoms with van der Waals surface area (Å²) in [4.78, 5) is 15.7. The van der Waals surface area contributed by atoms with E-state index in [2.05, 4.69) is 15.3 Å². The van der Waals surface area contributed by atoms with Crippen LogP contribution in [0, 0.1) is 5.92 Å². The van der Waals surface area contributed by atoms with Crippen molar-refractivity contribution in [3.63, 3.8) is 0 Å². The van der Waals surface area contributed by atoms with Crippen LogP contribution in [-0.4, -0.2) is 24.3 Å². The smallest absolute Gasteiger partial charge is 0.318 e. The van der Waals surface area contributed by atoms with E-state index < -0.39 is 0 Å². The summed E-state index contributed by atoms with van der Waals surface area (Å²) in [5.41, 5.74) is 0.898. The van der Waals surface area contributed by atoms with Gasteiger partial charge in [0.15, 0.2) is 0 Å². The van der Waals surface area contributed by atoms with E-state index in [0.717, 1.165) is 18.7 Å². The summed E-state index contributed by atoms with van der Waals surface area (Å²) in [6.07, 6.45) is 4.56. The lowest BCUT2D eigenvalue weighted by molar-refractivity contribution is -0.142. The molecule has 0 saturated carbocycles. The van der Waals surface area contributed by atoms with Crippen LogP contribution in [0.1, 0.15) is 32.6 Å². The average molecular weight is 196 g/mol. The van der Waals surface area contributed by atoms with Crippen LogP contribution in [0.2, 0.25) is 0 Å². The maximum Gasteiger partial charge on any atom is 0.343 e. The Bertz CT molecular complexity index is 257. The molecular formula is C10H16N2O2. The van der Waals surface area contributed by atoms with E-state index in [1.807, 2.05) is 6.92 Å². The molecule has 2 atom stereocenters. The van der Waals surface area contributed by atoms with Gasteiger partial charge in [-0.2, -0.15) is 0 Å². The summed E-state index contributed by atoms with van der Waals surface area (Å²) < 4.78 is 0. The Morgan fingerprint density at radius 2 is 2.43 bits per heavy atom. The van der Waals surface area contributed by atoms with Crippen molar-refractivity contribution in [3.8, 4) is 0 Å². The zero-order chi connectivity index (χ0) is 9.97. The molecule has 1 fully saturated rings. The highest BCUT2D eigenvalue weighted by molar-refractivity contribution is 6.04. The first-order valence-corrected chi connectivity index (χ1v) is 5.28. The van der Waals surface area contributed by atoms with Gasteiger partial charge in [0.2, 0.25) is 0 Å². The molecule has 0 spiro atoms. The summed E-state index contributed by atoms with van der Waals surface area (Å²) >= 11 is 0. The quantitative estimate of drug-likeness (QED) is 0.672. The molecule has 4 heteroatoms. The number of hydrogen-bond acceptors (Lipinski definition) is 4. The van der Waals surface area contributed by atoms with Crippen LogP contribution in [-0.2, 0) is 9.63 Å². The van der Waals surface area contributed by atoms with E-state index >= 15 is 0 Å².